The third-order valence-corrected chi connectivity index (χ3v) is 2.97. The third kappa shape index (κ3) is 4.38. The van der Waals surface area contributed by atoms with Gasteiger partial charge in [0, 0.05) is 25.5 Å². The van der Waals surface area contributed by atoms with Crippen molar-refractivity contribution in [3.63, 3.8) is 0 Å². The van der Waals surface area contributed by atoms with Gasteiger partial charge in [0.15, 0.2) is 0 Å². The van der Waals surface area contributed by atoms with Crippen molar-refractivity contribution in [2.24, 2.45) is 0 Å². The van der Waals surface area contributed by atoms with Gasteiger partial charge in [-0.2, -0.15) is 15.0 Å². The molecule has 2 N–H and O–H groups in total. The third-order valence-electron chi connectivity index (χ3n) is 2.97. The Balaban J connectivity index is 2.13. The summed E-state index contributed by atoms with van der Waals surface area (Å²) in [5.41, 5.74) is 0. The van der Waals surface area contributed by atoms with E-state index in [4.69, 9.17) is 0 Å². The van der Waals surface area contributed by atoms with Crippen LogP contribution in [0.1, 0.15) is 13.3 Å². The topological polar surface area (TPSA) is 83.8 Å². The summed E-state index contributed by atoms with van der Waals surface area (Å²) in [6.45, 7) is 3.12. The van der Waals surface area contributed by atoms with E-state index in [0.717, 1.165) is 13.0 Å². The summed E-state index contributed by atoms with van der Waals surface area (Å²) in [7, 11) is 5.91. The number of imidazole rings is 1. The van der Waals surface area contributed by atoms with Crippen LogP contribution in [0.5, 0.6) is 0 Å². The van der Waals surface area contributed by atoms with E-state index in [1.165, 1.54) is 0 Å². The van der Waals surface area contributed by atoms with Crippen molar-refractivity contribution < 1.29 is 0 Å². The molecule has 2 heterocycles. The molecule has 2 aromatic rings. The first-order valence-electron chi connectivity index (χ1n) is 6.92. The molecule has 0 bridgehead atoms. The molecule has 0 radical (unpaired) electrons. The fraction of sp³-hybridized carbons (Fsp3) is 0.538. The summed E-state index contributed by atoms with van der Waals surface area (Å²) in [4.78, 5) is 19.2. The van der Waals surface area contributed by atoms with Crippen molar-refractivity contribution in [2.45, 2.75) is 19.4 Å². The number of aromatic nitrogens is 5. The molecule has 1 atom stereocenters. The largest absolute Gasteiger partial charge is 0.357 e. The van der Waals surface area contributed by atoms with Crippen LogP contribution in [0.4, 0.5) is 11.9 Å². The number of hydrogen-bond donors (Lipinski definition) is 2. The van der Waals surface area contributed by atoms with E-state index in [0.29, 0.717) is 17.8 Å². The Hall–Kier alpha value is -2.22. The van der Waals surface area contributed by atoms with Crippen LogP contribution < -0.4 is 10.6 Å². The highest BCUT2D eigenvalue weighted by Gasteiger charge is 2.10. The lowest BCUT2D eigenvalue weighted by Gasteiger charge is -2.17. The second-order valence-electron chi connectivity index (χ2n) is 5.14. The van der Waals surface area contributed by atoms with Gasteiger partial charge in [-0.1, -0.05) is 0 Å². The second kappa shape index (κ2) is 6.98. The number of hydrogen-bond acceptors (Lipinski definition) is 7. The van der Waals surface area contributed by atoms with Gasteiger partial charge in [0.25, 0.3) is 0 Å². The van der Waals surface area contributed by atoms with Crippen LogP contribution in [-0.4, -0.2) is 63.1 Å². The van der Waals surface area contributed by atoms with Crippen molar-refractivity contribution in [3.8, 4) is 5.95 Å². The Morgan fingerprint density at radius 2 is 2.00 bits per heavy atom. The van der Waals surface area contributed by atoms with Gasteiger partial charge < -0.3 is 15.5 Å². The minimum absolute atomic E-state index is 0.273. The molecule has 21 heavy (non-hydrogen) atoms. The normalized spacial score (nSPS) is 12.4. The zero-order valence-electron chi connectivity index (χ0n) is 12.9. The summed E-state index contributed by atoms with van der Waals surface area (Å²) in [5, 5.41) is 6.26. The molecule has 0 saturated carbocycles. The van der Waals surface area contributed by atoms with Gasteiger partial charge in [0.2, 0.25) is 17.8 Å². The predicted octanol–water partition coefficient (Wildman–Crippen LogP) is 0.851. The van der Waals surface area contributed by atoms with Crippen molar-refractivity contribution in [1.29, 1.82) is 0 Å². The molecule has 0 fully saturated rings. The van der Waals surface area contributed by atoms with Gasteiger partial charge in [-0.15, -0.1) is 0 Å². The van der Waals surface area contributed by atoms with E-state index in [-0.39, 0.29) is 6.04 Å². The summed E-state index contributed by atoms with van der Waals surface area (Å²) in [6.07, 6.45) is 6.16. The smallest absolute Gasteiger partial charge is 0.241 e. The molecule has 0 aliphatic carbocycles. The Kier molecular flexibility index (Phi) is 5.04. The Morgan fingerprint density at radius 3 is 2.62 bits per heavy atom. The van der Waals surface area contributed by atoms with Gasteiger partial charge in [-0.3, -0.25) is 4.57 Å². The van der Waals surface area contributed by atoms with E-state index in [1.807, 2.05) is 0 Å². The zero-order valence-corrected chi connectivity index (χ0v) is 12.9. The van der Waals surface area contributed by atoms with E-state index in [1.54, 1.807) is 30.3 Å². The van der Waals surface area contributed by atoms with Crippen LogP contribution in [0.25, 0.3) is 5.95 Å². The lowest BCUT2D eigenvalue weighted by molar-refractivity contribution is 0.390. The van der Waals surface area contributed by atoms with Gasteiger partial charge in [0.1, 0.15) is 6.33 Å². The highest BCUT2D eigenvalue weighted by molar-refractivity contribution is 5.38. The highest BCUT2D eigenvalue weighted by Crippen LogP contribution is 2.10. The minimum Gasteiger partial charge on any atom is -0.357 e. The maximum absolute atomic E-state index is 4.43. The molecule has 0 aromatic carbocycles. The van der Waals surface area contributed by atoms with E-state index in [2.05, 4.69) is 56.5 Å². The zero-order chi connectivity index (χ0) is 15.2. The Morgan fingerprint density at radius 1 is 1.24 bits per heavy atom. The quantitative estimate of drug-likeness (QED) is 0.782. The van der Waals surface area contributed by atoms with E-state index >= 15 is 0 Å². The summed E-state index contributed by atoms with van der Waals surface area (Å²) >= 11 is 0. The molecular formula is C13H22N8. The lowest BCUT2D eigenvalue weighted by Crippen LogP contribution is -2.24. The molecule has 0 spiro atoms. The molecule has 2 rings (SSSR count). The molecule has 114 valence electrons. The number of nitrogens with one attached hydrogen (secondary N) is 2. The van der Waals surface area contributed by atoms with Crippen molar-refractivity contribution in [3.05, 3.63) is 18.7 Å². The molecule has 0 aliphatic rings. The molecule has 8 nitrogen and oxygen atoms in total. The van der Waals surface area contributed by atoms with Gasteiger partial charge in [-0.25, -0.2) is 4.98 Å². The lowest BCUT2D eigenvalue weighted by atomic mass is 10.2. The molecule has 2 aromatic heterocycles. The number of rotatable bonds is 7. The van der Waals surface area contributed by atoms with Crippen molar-refractivity contribution >= 4 is 11.9 Å². The molecule has 8 heteroatoms. The van der Waals surface area contributed by atoms with Crippen LogP contribution >= 0.6 is 0 Å². The van der Waals surface area contributed by atoms with Crippen LogP contribution in [0.2, 0.25) is 0 Å². The molecule has 0 saturated heterocycles. The average Bonchev–Trinajstić information content (AvgIpc) is 2.99. The summed E-state index contributed by atoms with van der Waals surface area (Å²) in [6, 6.07) is 0.273. The SMILES string of the molecule is CNc1nc(NC(C)CCN(C)C)nc(-n2ccnc2)n1. The van der Waals surface area contributed by atoms with Crippen LogP contribution in [0.3, 0.4) is 0 Å². The van der Waals surface area contributed by atoms with Crippen molar-refractivity contribution in [1.82, 2.24) is 29.4 Å². The monoisotopic (exact) mass is 290 g/mol. The summed E-state index contributed by atoms with van der Waals surface area (Å²) in [5.74, 6) is 1.62. The number of nitrogens with zero attached hydrogens (tertiary/aromatic N) is 6. The van der Waals surface area contributed by atoms with E-state index in [9.17, 15) is 0 Å². The van der Waals surface area contributed by atoms with Crippen LogP contribution in [-0.2, 0) is 0 Å². The van der Waals surface area contributed by atoms with Gasteiger partial charge in [0.05, 0.1) is 0 Å². The van der Waals surface area contributed by atoms with Crippen molar-refractivity contribution in [2.75, 3.05) is 38.3 Å². The standard InChI is InChI=1S/C13H22N8/c1-10(5-7-20(3)4)16-12-17-11(14-2)18-13(19-12)21-8-6-15-9-21/h6,8-10H,5,7H2,1-4H3,(H2,14,16,17,18,19). The average molecular weight is 290 g/mol. The Labute approximate surface area is 124 Å². The fourth-order valence-electron chi connectivity index (χ4n) is 1.78. The molecule has 1 unspecified atom stereocenters. The second-order valence-corrected chi connectivity index (χ2v) is 5.14. The minimum atomic E-state index is 0.273. The van der Waals surface area contributed by atoms with Gasteiger partial charge >= 0.3 is 0 Å². The Bertz CT molecular complexity index is 551. The fourth-order valence-corrected chi connectivity index (χ4v) is 1.78. The summed E-state index contributed by atoms with van der Waals surface area (Å²) < 4.78 is 1.75. The van der Waals surface area contributed by atoms with E-state index < -0.39 is 0 Å². The molecular weight excluding hydrogens is 268 g/mol. The van der Waals surface area contributed by atoms with Crippen LogP contribution in [0.15, 0.2) is 18.7 Å². The first kappa shape index (κ1) is 15.2. The number of anilines is 2. The predicted molar refractivity (Wildman–Crippen MR) is 82.8 cm³/mol. The van der Waals surface area contributed by atoms with Gasteiger partial charge in [-0.05, 0) is 34.0 Å². The maximum atomic E-state index is 4.43. The molecule has 0 amide bonds. The first-order chi connectivity index (χ1) is 10.1. The highest BCUT2D eigenvalue weighted by atomic mass is 15.3. The maximum Gasteiger partial charge on any atom is 0.241 e. The first-order valence-corrected chi connectivity index (χ1v) is 6.92. The molecule has 0 aliphatic heterocycles. The van der Waals surface area contributed by atoms with Crippen LogP contribution in [0, 0.1) is 0 Å².